The molecule has 0 aromatic carbocycles. The molecule has 13 heavy (non-hydrogen) atoms. The molecule has 1 nitrogen and oxygen atoms in total. The largest absolute Gasteiger partial charge is 0.303 e. The van der Waals surface area contributed by atoms with Gasteiger partial charge in [-0.1, -0.05) is 34.1 Å². The molecule has 1 fully saturated rings. The topological polar surface area (TPSA) is 3.24 Å². The summed E-state index contributed by atoms with van der Waals surface area (Å²) in [5.74, 6) is 0.945. The molecule has 1 unspecified atom stereocenters. The fraction of sp³-hybridized carbons (Fsp3) is 1.00. The second-order valence-electron chi connectivity index (χ2n) is 4.26. The van der Waals surface area contributed by atoms with E-state index in [2.05, 4.69) is 32.6 Å². The summed E-state index contributed by atoms with van der Waals surface area (Å²) in [4.78, 5) is 2.59. The van der Waals surface area contributed by atoms with Crippen LogP contribution in [0.25, 0.3) is 0 Å². The zero-order valence-electron chi connectivity index (χ0n) is 9.97. The van der Waals surface area contributed by atoms with Crippen LogP contribution < -0.4 is 0 Å². The third-order valence-electron chi connectivity index (χ3n) is 2.28. The molecular formula is C12H27N. The Labute approximate surface area is 84.5 Å². The zero-order chi connectivity index (χ0) is 10.1. The van der Waals surface area contributed by atoms with E-state index in [0.29, 0.717) is 0 Å². The average molecular weight is 185 g/mol. The van der Waals surface area contributed by atoms with E-state index in [-0.39, 0.29) is 0 Å². The number of likely N-dealkylation sites (tertiary alicyclic amines) is 1. The van der Waals surface area contributed by atoms with Crippen molar-refractivity contribution < 1.29 is 0 Å². The Morgan fingerprint density at radius 2 is 1.85 bits per heavy atom. The van der Waals surface area contributed by atoms with Crippen LogP contribution in [0.3, 0.4) is 0 Å². The van der Waals surface area contributed by atoms with Gasteiger partial charge in [-0.25, -0.2) is 0 Å². The van der Waals surface area contributed by atoms with Crippen LogP contribution in [0.5, 0.6) is 0 Å². The number of rotatable bonds is 2. The van der Waals surface area contributed by atoms with E-state index in [1.807, 2.05) is 0 Å². The van der Waals surface area contributed by atoms with Gasteiger partial charge in [-0.3, -0.25) is 0 Å². The van der Waals surface area contributed by atoms with Crippen molar-refractivity contribution in [3.8, 4) is 0 Å². The minimum Gasteiger partial charge on any atom is -0.303 e. The highest BCUT2D eigenvalue weighted by atomic mass is 15.1. The molecule has 1 saturated heterocycles. The Balaban J connectivity index is 0.000000424. The van der Waals surface area contributed by atoms with Crippen LogP contribution in [0.15, 0.2) is 0 Å². The Bertz CT molecular complexity index is 99.3. The highest BCUT2D eigenvalue weighted by Crippen LogP contribution is 2.14. The number of piperidine rings is 1. The molecule has 1 rings (SSSR count). The maximum absolute atomic E-state index is 2.59. The fourth-order valence-electron chi connectivity index (χ4n) is 1.81. The van der Waals surface area contributed by atoms with Gasteiger partial charge >= 0.3 is 0 Å². The Kier molecular flexibility index (Phi) is 8.53. The lowest BCUT2D eigenvalue weighted by atomic mass is 10.0. The molecule has 1 heterocycles. The van der Waals surface area contributed by atoms with Crippen molar-refractivity contribution in [1.82, 2.24) is 4.90 Å². The van der Waals surface area contributed by atoms with Gasteiger partial charge in [0.25, 0.3) is 0 Å². The smallest absolute Gasteiger partial charge is 0.000702 e. The van der Waals surface area contributed by atoms with Crippen molar-refractivity contribution in [3.05, 3.63) is 0 Å². The summed E-state index contributed by atoms with van der Waals surface area (Å²) in [6, 6.07) is 0. The van der Waals surface area contributed by atoms with Crippen LogP contribution in [0.4, 0.5) is 0 Å². The van der Waals surface area contributed by atoms with Crippen LogP contribution in [0.2, 0.25) is 0 Å². The first kappa shape index (κ1) is 13.0. The molecular weight excluding hydrogens is 158 g/mol. The predicted molar refractivity (Wildman–Crippen MR) is 61.1 cm³/mol. The summed E-state index contributed by atoms with van der Waals surface area (Å²) in [6.45, 7) is 12.9. The molecule has 0 aliphatic carbocycles. The highest BCUT2D eigenvalue weighted by Gasteiger charge is 2.14. The molecule has 0 spiro atoms. The van der Waals surface area contributed by atoms with E-state index in [1.165, 1.54) is 45.3 Å². The van der Waals surface area contributed by atoms with Gasteiger partial charge in [-0.2, -0.15) is 0 Å². The lowest BCUT2D eigenvalue weighted by molar-refractivity contribution is 0.184. The molecule has 0 radical (unpaired) electrons. The van der Waals surface area contributed by atoms with E-state index < -0.39 is 0 Å². The number of hydrogen-bond acceptors (Lipinski definition) is 1. The number of nitrogens with zero attached hydrogens (tertiary/aromatic N) is 1. The minimum atomic E-state index is 0.945. The predicted octanol–water partition coefficient (Wildman–Crippen LogP) is 3.54. The molecule has 1 aliphatic heterocycles. The first-order valence-electron chi connectivity index (χ1n) is 5.96. The van der Waals surface area contributed by atoms with Crippen molar-refractivity contribution >= 4 is 0 Å². The molecule has 0 N–H and O–H groups in total. The lowest BCUT2D eigenvalue weighted by Crippen LogP contribution is -2.34. The Hall–Kier alpha value is -0.0400. The first-order valence-corrected chi connectivity index (χ1v) is 5.96. The van der Waals surface area contributed by atoms with E-state index >= 15 is 0 Å². The molecule has 0 aromatic heterocycles. The van der Waals surface area contributed by atoms with Gasteiger partial charge < -0.3 is 4.90 Å². The molecule has 0 aromatic rings. The summed E-state index contributed by atoms with van der Waals surface area (Å²) >= 11 is 0. The zero-order valence-corrected chi connectivity index (χ0v) is 9.97. The van der Waals surface area contributed by atoms with Crippen LogP contribution in [-0.4, -0.2) is 24.5 Å². The van der Waals surface area contributed by atoms with Gasteiger partial charge in [0, 0.05) is 6.54 Å². The van der Waals surface area contributed by atoms with Gasteiger partial charge in [0.2, 0.25) is 0 Å². The Morgan fingerprint density at radius 3 is 2.31 bits per heavy atom. The summed E-state index contributed by atoms with van der Waals surface area (Å²) in [7, 11) is 0. The van der Waals surface area contributed by atoms with Gasteiger partial charge in [-0.05, 0) is 38.3 Å². The molecule has 80 valence electrons. The SMILES string of the molecule is CCC.CCCN1CCCC(C)C1. The summed E-state index contributed by atoms with van der Waals surface area (Å²) < 4.78 is 0. The third-order valence-corrected chi connectivity index (χ3v) is 2.28. The van der Waals surface area contributed by atoms with Crippen LogP contribution in [-0.2, 0) is 0 Å². The minimum absolute atomic E-state index is 0.945. The van der Waals surface area contributed by atoms with E-state index in [0.717, 1.165) is 5.92 Å². The normalized spacial score (nSPS) is 23.5. The van der Waals surface area contributed by atoms with Gasteiger partial charge in [0.1, 0.15) is 0 Å². The fourth-order valence-corrected chi connectivity index (χ4v) is 1.81. The van der Waals surface area contributed by atoms with Crippen molar-refractivity contribution in [3.63, 3.8) is 0 Å². The van der Waals surface area contributed by atoms with Gasteiger partial charge in [-0.15, -0.1) is 0 Å². The van der Waals surface area contributed by atoms with E-state index in [1.54, 1.807) is 0 Å². The average Bonchev–Trinajstić information content (AvgIpc) is 2.06. The van der Waals surface area contributed by atoms with Crippen LogP contribution in [0.1, 0.15) is 53.4 Å². The summed E-state index contributed by atoms with van der Waals surface area (Å²) in [5, 5.41) is 0. The van der Waals surface area contributed by atoms with Crippen LogP contribution >= 0.6 is 0 Å². The third kappa shape index (κ3) is 7.06. The maximum atomic E-state index is 2.59. The van der Waals surface area contributed by atoms with Crippen LogP contribution in [0, 0.1) is 5.92 Å². The molecule has 1 aliphatic rings. The van der Waals surface area contributed by atoms with Gasteiger partial charge in [0.05, 0.1) is 0 Å². The highest BCUT2D eigenvalue weighted by molar-refractivity contribution is 4.68. The first-order chi connectivity index (χ1) is 6.24. The van der Waals surface area contributed by atoms with E-state index in [4.69, 9.17) is 0 Å². The van der Waals surface area contributed by atoms with Crippen molar-refractivity contribution in [1.29, 1.82) is 0 Å². The number of hydrogen-bond donors (Lipinski definition) is 0. The van der Waals surface area contributed by atoms with E-state index in [9.17, 15) is 0 Å². The monoisotopic (exact) mass is 185 g/mol. The van der Waals surface area contributed by atoms with Crippen molar-refractivity contribution in [2.75, 3.05) is 19.6 Å². The van der Waals surface area contributed by atoms with Crippen molar-refractivity contribution in [2.45, 2.75) is 53.4 Å². The Morgan fingerprint density at radius 1 is 1.23 bits per heavy atom. The standard InChI is InChI=1S/C9H19N.C3H8/c1-3-6-10-7-4-5-9(2)8-10;1-3-2/h9H,3-8H2,1-2H3;3H2,1-2H3. The van der Waals surface area contributed by atoms with Crippen molar-refractivity contribution in [2.24, 2.45) is 5.92 Å². The second-order valence-corrected chi connectivity index (χ2v) is 4.26. The molecule has 0 bridgehead atoms. The second kappa shape index (κ2) is 8.55. The molecule has 0 amide bonds. The lowest BCUT2D eigenvalue weighted by Gasteiger charge is -2.30. The summed E-state index contributed by atoms with van der Waals surface area (Å²) in [5.41, 5.74) is 0. The summed E-state index contributed by atoms with van der Waals surface area (Å²) in [6.07, 6.45) is 5.42. The molecule has 1 heteroatoms. The molecule has 1 atom stereocenters. The quantitative estimate of drug-likeness (QED) is 0.636. The molecule has 0 saturated carbocycles. The van der Waals surface area contributed by atoms with Gasteiger partial charge in [0.15, 0.2) is 0 Å². The maximum Gasteiger partial charge on any atom is 0.000702 e.